The maximum absolute atomic E-state index is 12.2. The fraction of sp³-hybridized carbons (Fsp3) is 0.500. The summed E-state index contributed by atoms with van der Waals surface area (Å²) in [4.78, 5) is 19.7. The predicted octanol–water partition coefficient (Wildman–Crippen LogP) is 0.363. The van der Waals surface area contributed by atoms with E-state index in [4.69, 9.17) is 0 Å². The van der Waals surface area contributed by atoms with Crippen LogP contribution in [0.3, 0.4) is 0 Å². The number of nitrogens with zero attached hydrogens (tertiary/aromatic N) is 3. The molecule has 3 rings (SSSR count). The summed E-state index contributed by atoms with van der Waals surface area (Å²) in [6.45, 7) is 5.83. The molecular weight excluding hydrogens is 248 g/mol. The van der Waals surface area contributed by atoms with Crippen LogP contribution in [0, 0.1) is 0 Å². The predicted molar refractivity (Wildman–Crippen MR) is 73.2 cm³/mol. The molecule has 18 heavy (non-hydrogen) atoms. The zero-order valence-corrected chi connectivity index (χ0v) is 10.9. The molecule has 1 aliphatic heterocycles. The maximum Gasteiger partial charge on any atom is 0.262 e. The van der Waals surface area contributed by atoms with E-state index in [0.717, 1.165) is 49.5 Å². The summed E-state index contributed by atoms with van der Waals surface area (Å²) in [5, 5.41) is 5.98. The first-order valence-electron chi connectivity index (χ1n) is 6.20. The molecule has 0 amide bonds. The monoisotopic (exact) mass is 264 g/mol. The van der Waals surface area contributed by atoms with Gasteiger partial charge in [0.25, 0.3) is 5.56 Å². The average molecular weight is 264 g/mol. The van der Waals surface area contributed by atoms with Gasteiger partial charge in [-0.1, -0.05) is 0 Å². The normalized spacial score (nSPS) is 17.3. The SMILES string of the molecule is O=c1c2ccsc2ncn1CCN1CCNCC1. The molecule has 96 valence electrons. The van der Waals surface area contributed by atoms with Crippen LogP contribution in [0.15, 0.2) is 22.6 Å². The van der Waals surface area contributed by atoms with E-state index in [2.05, 4.69) is 15.2 Å². The molecule has 0 aromatic carbocycles. The smallest absolute Gasteiger partial charge is 0.262 e. The minimum Gasteiger partial charge on any atom is -0.314 e. The number of hydrogen-bond acceptors (Lipinski definition) is 5. The van der Waals surface area contributed by atoms with Crippen LogP contribution < -0.4 is 10.9 Å². The van der Waals surface area contributed by atoms with Crippen molar-refractivity contribution in [2.24, 2.45) is 0 Å². The van der Waals surface area contributed by atoms with E-state index >= 15 is 0 Å². The second kappa shape index (κ2) is 5.17. The summed E-state index contributed by atoms with van der Waals surface area (Å²) < 4.78 is 1.72. The van der Waals surface area contributed by atoms with E-state index in [-0.39, 0.29) is 5.56 Å². The number of aromatic nitrogens is 2. The number of piperazine rings is 1. The van der Waals surface area contributed by atoms with Crippen LogP contribution in [0.4, 0.5) is 0 Å². The molecular formula is C12H16N4OS. The van der Waals surface area contributed by atoms with Crippen molar-refractivity contribution in [2.45, 2.75) is 6.54 Å². The van der Waals surface area contributed by atoms with E-state index in [0.29, 0.717) is 0 Å². The Balaban J connectivity index is 1.74. The van der Waals surface area contributed by atoms with Crippen LogP contribution in [0.2, 0.25) is 0 Å². The average Bonchev–Trinajstić information content (AvgIpc) is 2.88. The van der Waals surface area contributed by atoms with Crippen molar-refractivity contribution in [2.75, 3.05) is 32.7 Å². The third-order valence-electron chi connectivity index (χ3n) is 3.32. The lowest BCUT2D eigenvalue weighted by Gasteiger charge is -2.27. The molecule has 2 aromatic rings. The van der Waals surface area contributed by atoms with Crippen molar-refractivity contribution in [1.82, 2.24) is 19.8 Å². The zero-order chi connectivity index (χ0) is 12.4. The highest BCUT2D eigenvalue weighted by Crippen LogP contribution is 2.13. The minimum atomic E-state index is 0.0800. The molecule has 0 bridgehead atoms. The van der Waals surface area contributed by atoms with Crippen LogP contribution in [-0.2, 0) is 6.54 Å². The summed E-state index contributed by atoms with van der Waals surface area (Å²) in [6.07, 6.45) is 1.67. The van der Waals surface area contributed by atoms with Crippen molar-refractivity contribution < 1.29 is 0 Å². The van der Waals surface area contributed by atoms with Crippen molar-refractivity contribution >= 4 is 21.6 Å². The van der Waals surface area contributed by atoms with E-state index in [1.54, 1.807) is 10.9 Å². The summed E-state index contributed by atoms with van der Waals surface area (Å²) in [7, 11) is 0. The number of thiophene rings is 1. The summed E-state index contributed by atoms with van der Waals surface area (Å²) in [6, 6.07) is 1.86. The largest absolute Gasteiger partial charge is 0.314 e. The van der Waals surface area contributed by atoms with Gasteiger partial charge in [0.15, 0.2) is 0 Å². The Morgan fingerprint density at radius 3 is 3.00 bits per heavy atom. The van der Waals surface area contributed by atoms with Gasteiger partial charge in [-0.05, 0) is 11.4 Å². The fourth-order valence-corrected chi connectivity index (χ4v) is 2.96. The molecule has 0 radical (unpaired) electrons. The summed E-state index contributed by atoms with van der Waals surface area (Å²) in [5.74, 6) is 0. The first-order chi connectivity index (χ1) is 8.84. The van der Waals surface area contributed by atoms with Crippen LogP contribution in [0.25, 0.3) is 10.2 Å². The van der Waals surface area contributed by atoms with Crippen LogP contribution in [0.5, 0.6) is 0 Å². The molecule has 6 heteroatoms. The highest BCUT2D eigenvalue weighted by molar-refractivity contribution is 7.16. The second-order valence-corrected chi connectivity index (χ2v) is 5.37. The van der Waals surface area contributed by atoms with Crippen molar-refractivity contribution in [3.63, 3.8) is 0 Å². The topological polar surface area (TPSA) is 50.2 Å². The van der Waals surface area contributed by atoms with Crippen LogP contribution >= 0.6 is 11.3 Å². The van der Waals surface area contributed by atoms with Gasteiger partial charge in [-0.25, -0.2) is 4.98 Å². The fourth-order valence-electron chi connectivity index (χ4n) is 2.24. The van der Waals surface area contributed by atoms with Gasteiger partial charge in [0, 0.05) is 39.3 Å². The molecule has 3 heterocycles. The van der Waals surface area contributed by atoms with E-state index < -0.39 is 0 Å². The zero-order valence-electron chi connectivity index (χ0n) is 10.1. The van der Waals surface area contributed by atoms with Crippen LogP contribution in [0.1, 0.15) is 0 Å². The Kier molecular flexibility index (Phi) is 3.40. The Morgan fingerprint density at radius 1 is 1.33 bits per heavy atom. The quantitative estimate of drug-likeness (QED) is 0.870. The molecule has 2 aromatic heterocycles. The Morgan fingerprint density at radius 2 is 2.17 bits per heavy atom. The van der Waals surface area contributed by atoms with Gasteiger partial charge in [0.1, 0.15) is 4.83 Å². The Hall–Kier alpha value is -1.24. The molecule has 0 atom stereocenters. The van der Waals surface area contributed by atoms with Gasteiger partial charge >= 0.3 is 0 Å². The molecule has 1 aliphatic rings. The van der Waals surface area contributed by atoms with Crippen molar-refractivity contribution in [3.8, 4) is 0 Å². The van der Waals surface area contributed by atoms with Gasteiger partial charge in [-0.3, -0.25) is 14.3 Å². The van der Waals surface area contributed by atoms with Gasteiger partial charge in [0.05, 0.1) is 11.7 Å². The third kappa shape index (κ3) is 2.31. The summed E-state index contributed by atoms with van der Waals surface area (Å²) in [5.41, 5.74) is 0.0800. The molecule has 0 unspecified atom stereocenters. The summed E-state index contributed by atoms with van der Waals surface area (Å²) >= 11 is 1.51. The number of hydrogen-bond donors (Lipinski definition) is 1. The van der Waals surface area contributed by atoms with Gasteiger partial charge in [-0.15, -0.1) is 11.3 Å². The molecule has 0 aliphatic carbocycles. The van der Waals surface area contributed by atoms with Gasteiger partial charge in [0.2, 0.25) is 0 Å². The number of rotatable bonds is 3. The van der Waals surface area contributed by atoms with E-state index in [9.17, 15) is 4.79 Å². The Labute approximate surface area is 109 Å². The molecule has 0 saturated carbocycles. The lowest BCUT2D eigenvalue weighted by molar-refractivity contribution is 0.231. The molecule has 1 fully saturated rings. The number of nitrogens with one attached hydrogen (secondary N) is 1. The highest BCUT2D eigenvalue weighted by Gasteiger charge is 2.10. The third-order valence-corrected chi connectivity index (χ3v) is 4.14. The Bertz CT molecular complexity index is 585. The lowest BCUT2D eigenvalue weighted by atomic mass is 10.3. The first kappa shape index (κ1) is 11.8. The maximum atomic E-state index is 12.2. The van der Waals surface area contributed by atoms with E-state index in [1.165, 1.54) is 11.3 Å². The number of fused-ring (bicyclic) bond motifs is 1. The van der Waals surface area contributed by atoms with E-state index in [1.807, 2.05) is 11.4 Å². The van der Waals surface area contributed by atoms with Crippen LogP contribution in [-0.4, -0.2) is 47.2 Å². The van der Waals surface area contributed by atoms with Crippen molar-refractivity contribution in [1.29, 1.82) is 0 Å². The standard InChI is InChI=1S/C12H16N4OS/c17-12-10-1-8-18-11(10)14-9-16(12)7-6-15-4-2-13-3-5-15/h1,8-9,13H,2-7H2. The first-order valence-corrected chi connectivity index (χ1v) is 7.08. The minimum absolute atomic E-state index is 0.0800. The van der Waals surface area contributed by atoms with Crippen molar-refractivity contribution in [3.05, 3.63) is 28.1 Å². The lowest BCUT2D eigenvalue weighted by Crippen LogP contribution is -2.45. The molecule has 0 spiro atoms. The molecule has 1 saturated heterocycles. The second-order valence-electron chi connectivity index (χ2n) is 4.47. The molecule has 1 N–H and O–H groups in total. The van der Waals surface area contributed by atoms with Gasteiger partial charge in [-0.2, -0.15) is 0 Å². The highest BCUT2D eigenvalue weighted by atomic mass is 32.1. The molecule has 5 nitrogen and oxygen atoms in total. The van der Waals surface area contributed by atoms with Gasteiger partial charge < -0.3 is 5.32 Å².